The molecule has 5 saturated carbocycles. The molecule has 1 aliphatic heterocycles. The van der Waals surface area contributed by atoms with Gasteiger partial charge in [0.2, 0.25) is 6.10 Å². The molecule has 0 aromatic carbocycles. The number of hydrogen-bond donors (Lipinski definition) is 3. The number of ether oxygens (including phenoxy) is 4. The maximum absolute atomic E-state index is 13.2. The van der Waals surface area contributed by atoms with Gasteiger partial charge in [0.25, 0.3) is 11.2 Å². The molecule has 1 saturated heterocycles. The molecular formula is C38H46F12O11. The van der Waals surface area contributed by atoms with Crippen molar-refractivity contribution in [3.8, 4) is 0 Å². The Morgan fingerprint density at radius 2 is 1.03 bits per heavy atom. The first kappa shape index (κ1) is 51.5. The SMILES string of the molecule is C=C(C)C(=O)OC12CC3CC(CC(O)(C3)C1)C2.C=C(C)C(=O)OC1CC(C(O)(C(F)(F)F)C(F)(F)F)CC(C(O)(C(F)(F)F)C(F)(F)F)C1.C=C(C)C(=O)OC1CCOC1=O. The third-order valence-corrected chi connectivity index (χ3v) is 11.3. The monoisotopic (exact) mass is 906 g/mol. The summed E-state index contributed by atoms with van der Waals surface area (Å²) in [6.45, 7) is 14.5. The van der Waals surface area contributed by atoms with Crippen molar-refractivity contribution < 1.29 is 106 Å². The molecule has 5 aliphatic carbocycles. The quantitative estimate of drug-likeness (QED) is 0.0976. The summed E-state index contributed by atoms with van der Waals surface area (Å²) in [7, 11) is 0. The lowest BCUT2D eigenvalue weighted by Crippen LogP contribution is -2.67. The first-order valence-corrected chi connectivity index (χ1v) is 18.6. The fourth-order valence-electron chi connectivity index (χ4n) is 8.89. The van der Waals surface area contributed by atoms with Crippen LogP contribution >= 0.6 is 0 Å². The van der Waals surface area contributed by atoms with Crippen LogP contribution in [0.5, 0.6) is 0 Å². The number of esters is 4. The van der Waals surface area contributed by atoms with Gasteiger partial charge in [0, 0.05) is 41.4 Å². The normalized spacial score (nSPS) is 30.1. The number of carbonyl (C=O) groups excluding carboxylic acids is 4. The Kier molecular flexibility index (Phi) is 15.0. The van der Waals surface area contributed by atoms with Crippen LogP contribution in [-0.4, -0.2) is 105 Å². The molecule has 23 heteroatoms. The Bertz CT molecular complexity index is 1630. The molecule has 6 rings (SSSR count). The number of aliphatic hydroxyl groups is 3. The zero-order valence-corrected chi connectivity index (χ0v) is 33.0. The van der Waals surface area contributed by atoms with E-state index in [0.717, 1.165) is 32.6 Å². The number of carbonyl (C=O) groups is 4. The van der Waals surface area contributed by atoms with Crippen LogP contribution in [0.2, 0.25) is 0 Å². The van der Waals surface area contributed by atoms with Gasteiger partial charge in [0.05, 0.1) is 12.2 Å². The van der Waals surface area contributed by atoms with Crippen molar-refractivity contribution in [2.75, 3.05) is 6.61 Å². The van der Waals surface area contributed by atoms with Gasteiger partial charge in [-0.15, -0.1) is 0 Å². The van der Waals surface area contributed by atoms with Gasteiger partial charge in [-0.2, -0.15) is 52.7 Å². The van der Waals surface area contributed by atoms with Crippen LogP contribution in [0, 0.1) is 23.7 Å². The lowest BCUT2D eigenvalue weighted by molar-refractivity contribution is -0.405. The van der Waals surface area contributed by atoms with Gasteiger partial charge in [0.1, 0.15) is 11.7 Å². The summed E-state index contributed by atoms with van der Waals surface area (Å²) in [4.78, 5) is 45.0. The Morgan fingerprint density at radius 3 is 1.36 bits per heavy atom. The van der Waals surface area contributed by atoms with Crippen LogP contribution in [0.25, 0.3) is 0 Å². The molecule has 61 heavy (non-hydrogen) atoms. The van der Waals surface area contributed by atoms with E-state index in [4.69, 9.17) is 9.47 Å². The lowest BCUT2D eigenvalue weighted by Gasteiger charge is -2.59. The smallest absolute Gasteiger partial charge is 0.426 e. The van der Waals surface area contributed by atoms with Crippen LogP contribution in [0.4, 0.5) is 52.7 Å². The average Bonchev–Trinajstić information content (AvgIpc) is 3.47. The van der Waals surface area contributed by atoms with Crippen LogP contribution in [0.1, 0.15) is 85.0 Å². The van der Waals surface area contributed by atoms with Crippen LogP contribution in [-0.2, 0) is 38.1 Å². The highest BCUT2D eigenvalue weighted by Crippen LogP contribution is 2.60. The summed E-state index contributed by atoms with van der Waals surface area (Å²) in [6, 6.07) is 0. The molecule has 4 bridgehead atoms. The van der Waals surface area contributed by atoms with E-state index in [2.05, 4.69) is 29.2 Å². The lowest BCUT2D eigenvalue weighted by atomic mass is 9.52. The Balaban J connectivity index is 0.000000280. The average molecular weight is 907 g/mol. The van der Waals surface area contributed by atoms with Crippen molar-refractivity contribution in [3.05, 3.63) is 36.5 Å². The Labute approximate surface area is 341 Å². The van der Waals surface area contributed by atoms with Crippen molar-refractivity contribution in [1.29, 1.82) is 0 Å². The van der Waals surface area contributed by atoms with E-state index in [-0.39, 0.29) is 11.5 Å². The van der Waals surface area contributed by atoms with E-state index in [9.17, 15) is 87.2 Å². The Hall–Kier alpha value is -3.86. The molecule has 0 aromatic rings. The topological polar surface area (TPSA) is 166 Å². The third-order valence-electron chi connectivity index (χ3n) is 11.3. The zero-order chi connectivity index (χ0) is 47.1. The second-order valence-electron chi connectivity index (χ2n) is 16.6. The van der Waals surface area contributed by atoms with Gasteiger partial charge in [-0.05, 0) is 84.0 Å². The van der Waals surface area contributed by atoms with Crippen molar-refractivity contribution in [2.24, 2.45) is 23.7 Å². The van der Waals surface area contributed by atoms with E-state index >= 15 is 0 Å². The molecule has 6 fully saturated rings. The number of alkyl halides is 12. The summed E-state index contributed by atoms with van der Waals surface area (Å²) in [5.74, 6) is -8.53. The van der Waals surface area contributed by atoms with Gasteiger partial charge < -0.3 is 34.3 Å². The van der Waals surface area contributed by atoms with Crippen LogP contribution in [0.3, 0.4) is 0 Å². The summed E-state index contributed by atoms with van der Waals surface area (Å²) in [5.41, 5.74) is -12.3. The minimum atomic E-state index is -6.59. The maximum atomic E-state index is 13.2. The highest BCUT2D eigenvalue weighted by Gasteiger charge is 2.78. The van der Waals surface area contributed by atoms with E-state index in [0.29, 0.717) is 36.9 Å². The molecule has 0 radical (unpaired) electrons. The molecule has 5 unspecified atom stereocenters. The highest BCUT2D eigenvalue weighted by molar-refractivity contribution is 5.90. The van der Waals surface area contributed by atoms with E-state index in [1.807, 2.05) is 0 Å². The van der Waals surface area contributed by atoms with Crippen molar-refractivity contribution in [3.63, 3.8) is 0 Å². The minimum absolute atomic E-state index is 0.287. The number of hydrogen-bond acceptors (Lipinski definition) is 11. The summed E-state index contributed by atoms with van der Waals surface area (Å²) < 4.78 is 178. The van der Waals surface area contributed by atoms with Crippen molar-refractivity contribution in [1.82, 2.24) is 0 Å². The van der Waals surface area contributed by atoms with Gasteiger partial charge in [-0.25, -0.2) is 19.2 Å². The standard InChI is InChI=1S/C16H16F12O4.C14H20O3.C8H10O4/c1-6(2)10(29)32-9-4-7(11(30,13(17,18)19)14(20,21)22)3-8(5-9)12(31,15(23,24)25)16(26,27)28;1-9(2)12(15)17-14-6-10-3-11(7-14)5-13(16,4-10)8-14;1-5(2)7(9)12-6-3-4-11-8(6)10/h7-9,30-31H,1,3-5H2,2H3;10-11,16H,1,3-8H2,2H3;6H,1,3-4H2,2H3. The first-order valence-electron chi connectivity index (χ1n) is 18.6. The zero-order valence-electron chi connectivity index (χ0n) is 33.0. The molecule has 5 atom stereocenters. The van der Waals surface area contributed by atoms with Crippen molar-refractivity contribution >= 4 is 23.9 Å². The fourth-order valence-corrected chi connectivity index (χ4v) is 8.89. The first-order chi connectivity index (χ1) is 27.4. The number of rotatable bonds is 8. The highest BCUT2D eigenvalue weighted by atomic mass is 19.4. The van der Waals surface area contributed by atoms with Gasteiger partial charge in [-0.1, -0.05) is 19.7 Å². The fraction of sp³-hybridized carbons (Fsp3) is 0.737. The second kappa shape index (κ2) is 17.7. The van der Waals surface area contributed by atoms with Gasteiger partial charge >= 0.3 is 48.6 Å². The molecule has 3 N–H and O–H groups in total. The summed E-state index contributed by atoms with van der Waals surface area (Å²) in [6.07, 6.45) is -28.9. The predicted molar refractivity (Wildman–Crippen MR) is 183 cm³/mol. The molecule has 348 valence electrons. The molecule has 11 nitrogen and oxygen atoms in total. The summed E-state index contributed by atoms with van der Waals surface area (Å²) in [5, 5.41) is 29.5. The summed E-state index contributed by atoms with van der Waals surface area (Å²) >= 11 is 0. The maximum Gasteiger partial charge on any atom is 0.426 e. The number of halogens is 12. The van der Waals surface area contributed by atoms with Crippen LogP contribution < -0.4 is 0 Å². The third kappa shape index (κ3) is 11.2. The molecule has 0 aromatic heterocycles. The van der Waals surface area contributed by atoms with Crippen molar-refractivity contribution in [2.45, 2.75) is 144 Å². The van der Waals surface area contributed by atoms with E-state index in [1.54, 1.807) is 6.92 Å². The van der Waals surface area contributed by atoms with Gasteiger partial charge in [-0.3, -0.25) is 0 Å². The molecular weight excluding hydrogens is 860 g/mol. The minimum Gasteiger partial charge on any atom is -0.463 e. The largest absolute Gasteiger partial charge is 0.463 e. The Morgan fingerprint density at radius 1 is 0.639 bits per heavy atom. The van der Waals surface area contributed by atoms with Crippen LogP contribution in [0.15, 0.2) is 36.5 Å². The predicted octanol–water partition coefficient (Wildman–Crippen LogP) is 7.21. The van der Waals surface area contributed by atoms with E-state index in [1.165, 1.54) is 13.3 Å². The molecule has 6 aliphatic rings. The van der Waals surface area contributed by atoms with Gasteiger partial charge in [0.15, 0.2) is 0 Å². The van der Waals surface area contributed by atoms with E-state index < -0.39 is 114 Å². The molecule has 0 amide bonds. The molecule has 1 heterocycles. The number of cyclic esters (lactones) is 1. The second-order valence-corrected chi connectivity index (χ2v) is 16.6. The molecule has 0 spiro atoms.